The molecular formula is C9H14FN. The van der Waals surface area contributed by atoms with Crippen molar-refractivity contribution < 1.29 is 4.39 Å². The predicted molar refractivity (Wildman–Crippen MR) is 46.8 cm³/mol. The van der Waals surface area contributed by atoms with E-state index < -0.39 is 0 Å². The van der Waals surface area contributed by atoms with Gasteiger partial charge in [0.15, 0.2) is 0 Å². The topological polar surface area (TPSA) is 12.0 Å². The third-order valence-electron chi connectivity index (χ3n) is 1.09. The molecule has 0 rings (SSSR count). The molecule has 1 nitrogen and oxygen atoms in total. The second kappa shape index (κ2) is 5.71. The van der Waals surface area contributed by atoms with Crippen LogP contribution in [0.3, 0.4) is 0 Å². The van der Waals surface area contributed by atoms with Gasteiger partial charge in [0, 0.05) is 12.2 Å². The fourth-order valence-electron chi connectivity index (χ4n) is 0.608. The van der Waals surface area contributed by atoms with E-state index in [1.54, 1.807) is 12.2 Å². The van der Waals surface area contributed by atoms with Crippen LogP contribution in [-0.2, 0) is 0 Å². The Hall–Kier alpha value is -1.05. The molecule has 0 aromatic carbocycles. The number of likely N-dealkylation sites (N-methyl/N-ethyl adjacent to an activating group) is 1. The Morgan fingerprint density at radius 2 is 2.18 bits per heavy atom. The first-order valence-corrected chi connectivity index (χ1v) is 3.61. The van der Waals surface area contributed by atoms with Crippen LogP contribution >= 0.6 is 0 Å². The molecule has 0 unspecified atom stereocenters. The van der Waals surface area contributed by atoms with Gasteiger partial charge in [0.05, 0.1) is 5.83 Å². The molecule has 2 heteroatoms. The van der Waals surface area contributed by atoms with E-state index in [1.807, 2.05) is 6.92 Å². The lowest BCUT2D eigenvalue weighted by Gasteiger charge is -2.00. The Labute approximate surface area is 67.3 Å². The van der Waals surface area contributed by atoms with Gasteiger partial charge in [-0.1, -0.05) is 6.58 Å². The Bertz CT molecular complexity index is 176. The SMILES string of the molecule is C=C/C(=C\C=C(/C)F)NCC. The first-order chi connectivity index (χ1) is 5.20. The van der Waals surface area contributed by atoms with Gasteiger partial charge in [0.25, 0.3) is 0 Å². The maximum atomic E-state index is 12.2. The lowest BCUT2D eigenvalue weighted by atomic mass is 10.3. The molecule has 0 aliphatic heterocycles. The van der Waals surface area contributed by atoms with Crippen molar-refractivity contribution in [3.63, 3.8) is 0 Å². The monoisotopic (exact) mass is 155 g/mol. The van der Waals surface area contributed by atoms with Crippen LogP contribution in [0.4, 0.5) is 4.39 Å². The Kier molecular flexibility index (Phi) is 5.17. The second-order valence-corrected chi connectivity index (χ2v) is 2.11. The maximum absolute atomic E-state index is 12.2. The van der Waals surface area contributed by atoms with E-state index in [1.165, 1.54) is 13.0 Å². The molecule has 0 spiro atoms. The third-order valence-corrected chi connectivity index (χ3v) is 1.09. The number of halogens is 1. The molecule has 11 heavy (non-hydrogen) atoms. The molecule has 0 saturated carbocycles. The number of allylic oxidation sites excluding steroid dienone is 4. The molecule has 0 heterocycles. The summed E-state index contributed by atoms with van der Waals surface area (Å²) < 4.78 is 12.2. The van der Waals surface area contributed by atoms with Gasteiger partial charge in [-0.05, 0) is 32.1 Å². The number of hydrogen-bond donors (Lipinski definition) is 1. The summed E-state index contributed by atoms with van der Waals surface area (Å²) in [7, 11) is 0. The van der Waals surface area contributed by atoms with Crippen molar-refractivity contribution in [2.75, 3.05) is 6.54 Å². The molecule has 0 amide bonds. The zero-order valence-electron chi connectivity index (χ0n) is 7.02. The number of hydrogen-bond acceptors (Lipinski definition) is 1. The fourth-order valence-corrected chi connectivity index (χ4v) is 0.608. The van der Waals surface area contributed by atoms with E-state index in [0.29, 0.717) is 0 Å². The molecule has 0 atom stereocenters. The van der Waals surface area contributed by atoms with Crippen molar-refractivity contribution in [2.45, 2.75) is 13.8 Å². The fraction of sp³-hybridized carbons (Fsp3) is 0.333. The molecule has 0 aromatic rings. The average Bonchev–Trinajstić information content (AvgIpc) is 1.97. The summed E-state index contributed by atoms with van der Waals surface area (Å²) in [5.74, 6) is -0.206. The Morgan fingerprint density at radius 3 is 2.55 bits per heavy atom. The van der Waals surface area contributed by atoms with Crippen molar-refractivity contribution >= 4 is 0 Å². The molecule has 1 N–H and O–H groups in total. The Balaban J connectivity index is 4.11. The smallest absolute Gasteiger partial charge is 0.0969 e. The molecule has 0 fully saturated rings. The second-order valence-electron chi connectivity index (χ2n) is 2.11. The minimum Gasteiger partial charge on any atom is -0.385 e. The number of nitrogens with one attached hydrogen (secondary N) is 1. The standard InChI is InChI=1S/C9H14FN/c1-4-9(11-5-2)7-6-8(3)10/h4,6-7,11H,1,5H2,2-3H3/b8-6+,9-7+. The largest absolute Gasteiger partial charge is 0.385 e. The molecular weight excluding hydrogens is 141 g/mol. The van der Waals surface area contributed by atoms with Gasteiger partial charge in [-0.25, -0.2) is 4.39 Å². The van der Waals surface area contributed by atoms with E-state index >= 15 is 0 Å². The molecule has 0 saturated heterocycles. The summed E-state index contributed by atoms with van der Waals surface area (Å²) in [4.78, 5) is 0. The molecule has 62 valence electrons. The van der Waals surface area contributed by atoms with E-state index in [0.717, 1.165) is 12.2 Å². The maximum Gasteiger partial charge on any atom is 0.0969 e. The van der Waals surface area contributed by atoms with Crippen LogP contribution in [0.1, 0.15) is 13.8 Å². The quantitative estimate of drug-likeness (QED) is 0.615. The van der Waals surface area contributed by atoms with Crippen molar-refractivity contribution in [3.05, 3.63) is 36.3 Å². The summed E-state index contributed by atoms with van der Waals surface area (Å²) in [6.45, 7) is 7.77. The first-order valence-electron chi connectivity index (χ1n) is 3.61. The van der Waals surface area contributed by atoms with Crippen LogP contribution < -0.4 is 5.32 Å². The summed E-state index contributed by atoms with van der Waals surface area (Å²) in [6, 6.07) is 0. The van der Waals surface area contributed by atoms with Gasteiger partial charge < -0.3 is 5.32 Å². The minimum absolute atomic E-state index is 0.206. The van der Waals surface area contributed by atoms with Crippen LogP contribution in [0, 0.1) is 0 Å². The first kappa shape index (κ1) is 9.95. The highest BCUT2D eigenvalue weighted by atomic mass is 19.1. The van der Waals surface area contributed by atoms with Crippen molar-refractivity contribution in [2.24, 2.45) is 0 Å². The van der Waals surface area contributed by atoms with Gasteiger partial charge in [0.1, 0.15) is 0 Å². The van der Waals surface area contributed by atoms with Crippen LogP contribution in [0.25, 0.3) is 0 Å². The minimum atomic E-state index is -0.206. The molecule has 0 bridgehead atoms. The van der Waals surface area contributed by atoms with Crippen molar-refractivity contribution in [1.82, 2.24) is 5.32 Å². The average molecular weight is 155 g/mol. The third kappa shape index (κ3) is 5.40. The van der Waals surface area contributed by atoms with Gasteiger partial charge in [-0.3, -0.25) is 0 Å². The van der Waals surface area contributed by atoms with Gasteiger partial charge in [0.2, 0.25) is 0 Å². The lowest BCUT2D eigenvalue weighted by Crippen LogP contribution is -2.09. The van der Waals surface area contributed by atoms with Gasteiger partial charge in [-0.15, -0.1) is 0 Å². The van der Waals surface area contributed by atoms with Gasteiger partial charge in [-0.2, -0.15) is 0 Å². The van der Waals surface area contributed by atoms with Crippen molar-refractivity contribution in [3.8, 4) is 0 Å². The summed E-state index contributed by atoms with van der Waals surface area (Å²) in [5, 5.41) is 3.02. The van der Waals surface area contributed by atoms with Crippen LogP contribution in [0.15, 0.2) is 36.3 Å². The molecule has 0 radical (unpaired) electrons. The number of rotatable bonds is 4. The lowest BCUT2D eigenvalue weighted by molar-refractivity contribution is 0.640. The van der Waals surface area contributed by atoms with Crippen LogP contribution in [0.2, 0.25) is 0 Å². The predicted octanol–water partition coefficient (Wildman–Crippen LogP) is 2.54. The van der Waals surface area contributed by atoms with Crippen molar-refractivity contribution in [1.29, 1.82) is 0 Å². The molecule has 0 aromatic heterocycles. The van der Waals surface area contributed by atoms with Crippen LogP contribution in [0.5, 0.6) is 0 Å². The normalized spacial score (nSPS) is 13.0. The summed E-state index contributed by atoms with van der Waals surface area (Å²) in [5.41, 5.74) is 0.838. The molecule has 0 aliphatic rings. The highest BCUT2D eigenvalue weighted by molar-refractivity contribution is 5.20. The highest BCUT2D eigenvalue weighted by Crippen LogP contribution is 1.96. The van der Waals surface area contributed by atoms with E-state index in [4.69, 9.17) is 0 Å². The summed E-state index contributed by atoms with van der Waals surface area (Å²) in [6.07, 6.45) is 4.72. The van der Waals surface area contributed by atoms with Gasteiger partial charge >= 0.3 is 0 Å². The summed E-state index contributed by atoms with van der Waals surface area (Å²) >= 11 is 0. The van der Waals surface area contributed by atoms with Crippen LogP contribution in [-0.4, -0.2) is 6.54 Å². The van der Waals surface area contributed by atoms with E-state index in [9.17, 15) is 4.39 Å². The van der Waals surface area contributed by atoms with E-state index in [-0.39, 0.29) is 5.83 Å². The van der Waals surface area contributed by atoms with E-state index in [2.05, 4.69) is 11.9 Å². The zero-order chi connectivity index (χ0) is 8.69. The zero-order valence-corrected chi connectivity index (χ0v) is 7.02. The Morgan fingerprint density at radius 1 is 1.55 bits per heavy atom. The molecule has 0 aliphatic carbocycles. The highest BCUT2D eigenvalue weighted by Gasteiger charge is 1.84.